The molecule has 0 aromatic carbocycles. The Hall–Kier alpha value is -1.36. The predicted octanol–water partition coefficient (Wildman–Crippen LogP) is 3.41. The molecule has 3 unspecified atom stereocenters. The van der Waals surface area contributed by atoms with E-state index in [0.29, 0.717) is 24.4 Å². The molecule has 0 spiro atoms. The van der Waals surface area contributed by atoms with Crippen molar-refractivity contribution in [2.24, 2.45) is 11.8 Å². The van der Waals surface area contributed by atoms with E-state index in [4.69, 9.17) is 14.2 Å². The molecule has 136 valence electrons. The molecule has 2 bridgehead atoms. The molecule has 1 fully saturated rings. The second-order valence-electron chi connectivity index (χ2n) is 6.70. The number of hydrogen-bond acceptors (Lipinski definition) is 5. The highest BCUT2D eigenvalue weighted by atomic mass is 16.5. The van der Waals surface area contributed by atoms with Gasteiger partial charge < -0.3 is 14.2 Å². The summed E-state index contributed by atoms with van der Waals surface area (Å²) in [4.78, 5) is 25.2. The van der Waals surface area contributed by atoms with Gasteiger partial charge in [0, 0.05) is 13.0 Å². The number of fused-ring (bicyclic) bond motifs is 2. The van der Waals surface area contributed by atoms with Crippen molar-refractivity contribution in [3.05, 3.63) is 11.1 Å². The van der Waals surface area contributed by atoms with Gasteiger partial charge in [-0.2, -0.15) is 0 Å². The summed E-state index contributed by atoms with van der Waals surface area (Å²) < 4.78 is 16.4. The van der Waals surface area contributed by atoms with Crippen LogP contribution in [0, 0.1) is 11.8 Å². The Kier molecular flexibility index (Phi) is 7.28. The smallest absolute Gasteiger partial charge is 0.334 e. The first-order chi connectivity index (χ1) is 11.6. The van der Waals surface area contributed by atoms with Crippen molar-refractivity contribution in [3.63, 3.8) is 0 Å². The maximum Gasteiger partial charge on any atom is 0.334 e. The summed E-state index contributed by atoms with van der Waals surface area (Å²) in [6.45, 7) is 4.90. The SMILES string of the molecule is CCCCOC(=O)C1=C(C(=O)OCCCC)C2CCC1CC2OC. The molecule has 0 saturated heterocycles. The first-order valence-electron chi connectivity index (χ1n) is 9.25. The second kappa shape index (κ2) is 9.21. The number of carbonyl (C=O) groups is 2. The monoisotopic (exact) mass is 338 g/mol. The molecule has 3 rings (SSSR count). The summed E-state index contributed by atoms with van der Waals surface area (Å²) in [6.07, 6.45) is 6.15. The van der Waals surface area contributed by atoms with Gasteiger partial charge in [-0.05, 0) is 38.0 Å². The fraction of sp³-hybridized carbons (Fsp3) is 0.789. The Morgan fingerprint density at radius 3 is 2.08 bits per heavy atom. The lowest BCUT2D eigenvalue weighted by molar-refractivity contribution is -0.146. The molecule has 5 heteroatoms. The summed E-state index contributed by atoms with van der Waals surface area (Å²) in [6, 6.07) is 0. The molecule has 0 amide bonds. The predicted molar refractivity (Wildman–Crippen MR) is 90.4 cm³/mol. The Morgan fingerprint density at radius 2 is 1.54 bits per heavy atom. The number of unbranched alkanes of at least 4 members (excludes halogenated alkanes) is 2. The number of ether oxygens (including phenoxy) is 3. The van der Waals surface area contributed by atoms with Crippen molar-refractivity contribution in [1.82, 2.24) is 0 Å². The highest BCUT2D eigenvalue weighted by molar-refractivity contribution is 6.02. The maximum absolute atomic E-state index is 12.6. The van der Waals surface area contributed by atoms with Crippen molar-refractivity contribution >= 4 is 11.9 Å². The van der Waals surface area contributed by atoms with Crippen LogP contribution in [0.2, 0.25) is 0 Å². The van der Waals surface area contributed by atoms with Gasteiger partial charge in [0.15, 0.2) is 0 Å². The highest BCUT2D eigenvalue weighted by Gasteiger charge is 2.47. The Labute approximate surface area is 144 Å². The van der Waals surface area contributed by atoms with Crippen molar-refractivity contribution in [3.8, 4) is 0 Å². The van der Waals surface area contributed by atoms with Gasteiger partial charge in [0.05, 0.1) is 30.5 Å². The molecule has 0 N–H and O–H groups in total. The third kappa shape index (κ3) is 4.18. The molecular formula is C19H30O5. The lowest BCUT2D eigenvalue weighted by Crippen LogP contribution is -2.43. The Balaban J connectivity index is 2.22. The number of esters is 2. The van der Waals surface area contributed by atoms with Crippen molar-refractivity contribution in [1.29, 1.82) is 0 Å². The lowest BCUT2D eigenvalue weighted by Gasteiger charge is -2.42. The molecule has 0 aromatic heterocycles. The van der Waals surface area contributed by atoms with Crippen molar-refractivity contribution in [2.45, 2.75) is 64.9 Å². The van der Waals surface area contributed by atoms with Crippen LogP contribution < -0.4 is 0 Å². The van der Waals surface area contributed by atoms with Gasteiger partial charge in [-0.15, -0.1) is 0 Å². The van der Waals surface area contributed by atoms with Crippen LogP contribution in [-0.2, 0) is 23.8 Å². The summed E-state index contributed by atoms with van der Waals surface area (Å²) in [5, 5.41) is 0. The average Bonchev–Trinajstić information content (AvgIpc) is 2.61. The van der Waals surface area contributed by atoms with Crippen LogP contribution in [0.1, 0.15) is 58.8 Å². The van der Waals surface area contributed by atoms with E-state index in [1.54, 1.807) is 7.11 Å². The average molecular weight is 338 g/mol. The van der Waals surface area contributed by atoms with Gasteiger partial charge in [0.1, 0.15) is 0 Å². The van der Waals surface area contributed by atoms with Crippen LogP contribution in [0.15, 0.2) is 11.1 Å². The van der Waals surface area contributed by atoms with Crippen LogP contribution >= 0.6 is 0 Å². The van der Waals surface area contributed by atoms with Crippen LogP contribution in [0.5, 0.6) is 0 Å². The second-order valence-corrected chi connectivity index (χ2v) is 6.70. The van der Waals surface area contributed by atoms with E-state index in [9.17, 15) is 9.59 Å². The van der Waals surface area contributed by atoms with E-state index < -0.39 is 0 Å². The van der Waals surface area contributed by atoms with E-state index in [1.807, 2.05) is 6.92 Å². The standard InChI is InChI=1S/C19H30O5/c1-4-6-10-23-18(20)16-13-8-9-14(15(12-13)22-3)17(16)19(21)24-11-7-5-2/h13-15H,4-12H2,1-3H3. The zero-order valence-corrected chi connectivity index (χ0v) is 15.1. The minimum absolute atomic E-state index is 0.00957. The molecule has 3 aliphatic carbocycles. The largest absolute Gasteiger partial charge is 0.462 e. The van der Waals surface area contributed by atoms with Gasteiger partial charge in [0.2, 0.25) is 0 Å². The molecule has 0 heterocycles. The third-order valence-electron chi connectivity index (χ3n) is 5.07. The van der Waals surface area contributed by atoms with E-state index in [0.717, 1.165) is 44.9 Å². The fourth-order valence-corrected chi connectivity index (χ4v) is 3.71. The van der Waals surface area contributed by atoms with Gasteiger partial charge in [-0.25, -0.2) is 9.59 Å². The zero-order valence-electron chi connectivity index (χ0n) is 15.1. The van der Waals surface area contributed by atoms with Crippen LogP contribution in [-0.4, -0.2) is 38.4 Å². The minimum atomic E-state index is -0.359. The quantitative estimate of drug-likeness (QED) is 0.476. The minimum Gasteiger partial charge on any atom is -0.462 e. The molecule has 0 aromatic rings. The van der Waals surface area contributed by atoms with E-state index >= 15 is 0 Å². The Morgan fingerprint density at radius 1 is 0.958 bits per heavy atom. The highest BCUT2D eigenvalue weighted by Crippen LogP contribution is 2.47. The van der Waals surface area contributed by atoms with E-state index in [1.165, 1.54) is 0 Å². The molecule has 3 aliphatic rings. The van der Waals surface area contributed by atoms with Gasteiger partial charge in [-0.3, -0.25) is 0 Å². The van der Waals surface area contributed by atoms with Crippen LogP contribution in [0.25, 0.3) is 0 Å². The summed E-state index contributed by atoms with van der Waals surface area (Å²) in [5.74, 6) is -0.705. The molecule has 3 atom stereocenters. The van der Waals surface area contributed by atoms with Crippen LogP contribution in [0.4, 0.5) is 0 Å². The topological polar surface area (TPSA) is 61.8 Å². The summed E-state index contributed by atoms with van der Waals surface area (Å²) >= 11 is 0. The molecule has 1 saturated carbocycles. The molecule has 5 nitrogen and oxygen atoms in total. The maximum atomic E-state index is 12.6. The summed E-state index contributed by atoms with van der Waals surface area (Å²) in [7, 11) is 1.67. The number of carbonyl (C=O) groups excluding carboxylic acids is 2. The van der Waals surface area contributed by atoms with Crippen molar-refractivity contribution < 1.29 is 23.8 Å². The van der Waals surface area contributed by atoms with Gasteiger partial charge in [0.25, 0.3) is 0 Å². The first-order valence-corrected chi connectivity index (χ1v) is 9.25. The number of rotatable bonds is 9. The Bertz CT molecular complexity index is 482. The zero-order chi connectivity index (χ0) is 17.5. The van der Waals surface area contributed by atoms with Gasteiger partial charge in [-0.1, -0.05) is 26.7 Å². The van der Waals surface area contributed by atoms with E-state index in [2.05, 4.69) is 6.92 Å². The number of hydrogen-bond donors (Lipinski definition) is 0. The normalized spacial score (nSPS) is 25.7. The first kappa shape index (κ1) is 19.0. The third-order valence-corrected chi connectivity index (χ3v) is 5.07. The molecule has 0 aliphatic heterocycles. The van der Waals surface area contributed by atoms with Crippen LogP contribution in [0.3, 0.4) is 0 Å². The van der Waals surface area contributed by atoms with Gasteiger partial charge >= 0.3 is 11.9 Å². The van der Waals surface area contributed by atoms with E-state index in [-0.39, 0.29) is 29.9 Å². The molecule has 24 heavy (non-hydrogen) atoms. The number of methoxy groups -OCH3 is 1. The lowest BCUT2D eigenvalue weighted by atomic mass is 9.65. The molecular weight excluding hydrogens is 308 g/mol. The molecule has 0 radical (unpaired) electrons. The summed E-state index contributed by atoms with van der Waals surface area (Å²) in [5.41, 5.74) is 1.07. The van der Waals surface area contributed by atoms with Crippen molar-refractivity contribution in [2.75, 3.05) is 20.3 Å². The fourth-order valence-electron chi connectivity index (χ4n) is 3.71.